The molecule has 0 radical (unpaired) electrons. The van der Waals surface area contributed by atoms with Gasteiger partial charge >= 0.3 is 0 Å². The molecule has 0 aliphatic carbocycles. The molecule has 2 aromatic rings. The zero-order valence-corrected chi connectivity index (χ0v) is 13.0. The number of rotatable bonds is 4. The van der Waals surface area contributed by atoms with Crippen LogP contribution in [0.3, 0.4) is 0 Å². The van der Waals surface area contributed by atoms with Crippen molar-refractivity contribution >= 4 is 38.9 Å². The van der Waals surface area contributed by atoms with Crippen molar-refractivity contribution in [2.75, 3.05) is 12.4 Å². The Labute approximate surface area is 124 Å². The molecule has 0 aliphatic rings. The van der Waals surface area contributed by atoms with Crippen LogP contribution in [0.2, 0.25) is 0 Å². The first-order valence-corrected chi connectivity index (χ1v) is 7.46. The molecule has 0 saturated carbocycles. The van der Waals surface area contributed by atoms with Crippen LogP contribution in [0.4, 0.5) is 5.69 Å². The van der Waals surface area contributed by atoms with Crippen molar-refractivity contribution in [3.63, 3.8) is 0 Å². The Hall–Kier alpha value is -1.17. The van der Waals surface area contributed by atoms with Gasteiger partial charge in [0.05, 0.1) is 6.10 Å². The fourth-order valence-electron chi connectivity index (χ4n) is 1.65. The number of thiophene rings is 1. The number of nitrogens with one attached hydrogen (secondary N) is 1. The number of hydrogen-bond donors (Lipinski definition) is 1. The predicted octanol–water partition coefficient (Wildman–Crippen LogP) is 4.47. The predicted molar refractivity (Wildman–Crippen MR) is 81.8 cm³/mol. The molecule has 5 heteroatoms. The van der Waals surface area contributed by atoms with Crippen molar-refractivity contribution in [3.8, 4) is 0 Å². The van der Waals surface area contributed by atoms with Crippen LogP contribution in [-0.2, 0) is 4.74 Å². The van der Waals surface area contributed by atoms with Gasteiger partial charge < -0.3 is 10.1 Å². The molecule has 1 aromatic carbocycles. The molecular formula is C14H14BrNO2S. The number of benzene rings is 1. The van der Waals surface area contributed by atoms with E-state index in [2.05, 4.69) is 21.2 Å². The summed E-state index contributed by atoms with van der Waals surface area (Å²) in [6.45, 7) is 1.97. The highest BCUT2D eigenvalue weighted by atomic mass is 79.9. The molecule has 1 N–H and O–H groups in total. The van der Waals surface area contributed by atoms with Crippen molar-refractivity contribution in [1.29, 1.82) is 0 Å². The van der Waals surface area contributed by atoms with E-state index in [1.165, 1.54) is 11.3 Å². The van der Waals surface area contributed by atoms with Gasteiger partial charge in [-0.25, -0.2) is 0 Å². The molecule has 1 atom stereocenters. The van der Waals surface area contributed by atoms with Gasteiger partial charge in [0.25, 0.3) is 5.91 Å². The van der Waals surface area contributed by atoms with Crippen LogP contribution in [0.25, 0.3) is 0 Å². The van der Waals surface area contributed by atoms with Gasteiger partial charge in [-0.05, 0) is 52.0 Å². The number of ether oxygens (including phenoxy) is 1. The summed E-state index contributed by atoms with van der Waals surface area (Å²) in [4.78, 5) is 12.8. The largest absolute Gasteiger partial charge is 0.377 e. The summed E-state index contributed by atoms with van der Waals surface area (Å²) < 4.78 is 6.09. The number of halogens is 1. The summed E-state index contributed by atoms with van der Waals surface area (Å²) in [5.41, 5.74) is 1.80. The zero-order valence-electron chi connectivity index (χ0n) is 10.6. The average molecular weight is 340 g/mol. The summed E-state index contributed by atoms with van der Waals surface area (Å²) in [5.74, 6) is -0.107. The first-order valence-electron chi connectivity index (χ1n) is 5.79. The molecule has 1 aromatic heterocycles. The molecular weight excluding hydrogens is 326 g/mol. The van der Waals surface area contributed by atoms with E-state index in [4.69, 9.17) is 4.74 Å². The molecule has 0 fully saturated rings. The van der Waals surface area contributed by atoms with Crippen molar-refractivity contribution in [2.45, 2.75) is 13.0 Å². The van der Waals surface area contributed by atoms with Crippen molar-refractivity contribution in [3.05, 3.63) is 50.6 Å². The van der Waals surface area contributed by atoms with E-state index in [0.717, 1.165) is 15.7 Å². The van der Waals surface area contributed by atoms with Crippen molar-refractivity contribution < 1.29 is 9.53 Å². The second kappa shape index (κ2) is 6.32. The van der Waals surface area contributed by atoms with Crippen molar-refractivity contribution in [2.24, 2.45) is 0 Å². The maximum atomic E-state index is 12.1. The SMILES string of the molecule is COC(C)c1cccc(NC(=O)c2sccc2Br)c1. The van der Waals surface area contributed by atoms with Gasteiger partial charge in [0, 0.05) is 17.3 Å². The van der Waals surface area contributed by atoms with Gasteiger partial charge in [0.1, 0.15) is 4.88 Å². The summed E-state index contributed by atoms with van der Waals surface area (Å²) in [6.07, 6.45) is 0.00493. The van der Waals surface area contributed by atoms with Gasteiger partial charge in [0.15, 0.2) is 0 Å². The lowest BCUT2D eigenvalue weighted by Crippen LogP contribution is -2.11. The second-order valence-electron chi connectivity index (χ2n) is 4.06. The van der Waals surface area contributed by atoms with E-state index in [-0.39, 0.29) is 12.0 Å². The number of amides is 1. The Bertz CT molecular complexity index is 582. The van der Waals surface area contributed by atoms with Gasteiger partial charge in [-0.3, -0.25) is 4.79 Å². The van der Waals surface area contributed by atoms with Crippen molar-refractivity contribution in [1.82, 2.24) is 0 Å². The smallest absolute Gasteiger partial charge is 0.266 e. The Balaban J connectivity index is 2.15. The molecule has 2 rings (SSSR count). The number of hydrogen-bond acceptors (Lipinski definition) is 3. The van der Waals surface area contributed by atoms with Gasteiger partial charge in [-0.2, -0.15) is 0 Å². The average Bonchev–Trinajstić information content (AvgIpc) is 2.84. The fourth-order valence-corrected chi connectivity index (χ4v) is 3.10. The molecule has 19 heavy (non-hydrogen) atoms. The Morgan fingerprint density at radius 1 is 1.42 bits per heavy atom. The van der Waals surface area contributed by atoms with Crippen LogP contribution >= 0.6 is 27.3 Å². The Kier molecular flexibility index (Phi) is 4.74. The van der Waals surface area contributed by atoms with Crippen LogP contribution < -0.4 is 5.32 Å². The lowest BCUT2D eigenvalue weighted by molar-refractivity contribution is 0.102. The second-order valence-corrected chi connectivity index (χ2v) is 5.83. The molecule has 0 saturated heterocycles. The minimum Gasteiger partial charge on any atom is -0.377 e. The highest BCUT2D eigenvalue weighted by Gasteiger charge is 2.12. The van der Waals surface area contributed by atoms with Crippen LogP contribution in [0, 0.1) is 0 Å². The summed E-state index contributed by atoms with van der Waals surface area (Å²) in [7, 11) is 1.67. The molecule has 0 bridgehead atoms. The van der Waals surface area contributed by atoms with Crippen LogP contribution in [0.15, 0.2) is 40.2 Å². The minimum atomic E-state index is -0.107. The van der Waals surface area contributed by atoms with E-state index in [9.17, 15) is 4.79 Å². The molecule has 3 nitrogen and oxygen atoms in total. The topological polar surface area (TPSA) is 38.3 Å². The number of carbonyl (C=O) groups excluding carboxylic acids is 1. The van der Waals surface area contributed by atoms with Crippen LogP contribution in [0.1, 0.15) is 28.3 Å². The zero-order chi connectivity index (χ0) is 13.8. The molecule has 0 aliphatic heterocycles. The molecule has 0 spiro atoms. The maximum Gasteiger partial charge on any atom is 0.266 e. The first-order chi connectivity index (χ1) is 9.11. The lowest BCUT2D eigenvalue weighted by atomic mass is 10.1. The van der Waals surface area contributed by atoms with E-state index < -0.39 is 0 Å². The molecule has 100 valence electrons. The molecule has 1 amide bonds. The third kappa shape index (κ3) is 3.43. The van der Waals surface area contributed by atoms with E-state index in [1.807, 2.05) is 42.6 Å². The molecule has 1 unspecified atom stereocenters. The van der Waals surface area contributed by atoms with Crippen LogP contribution in [0.5, 0.6) is 0 Å². The molecule has 1 heterocycles. The lowest BCUT2D eigenvalue weighted by Gasteiger charge is -2.11. The first kappa shape index (κ1) is 14.2. The summed E-state index contributed by atoms with van der Waals surface area (Å²) in [6, 6.07) is 9.54. The highest BCUT2D eigenvalue weighted by Crippen LogP contribution is 2.25. The standard InChI is InChI=1S/C14H14BrNO2S/c1-9(18-2)10-4-3-5-11(8-10)16-14(17)13-12(15)6-7-19-13/h3-9H,1-2H3,(H,16,17). The van der Waals surface area contributed by atoms with E-state index in [1.54, 1.807) is 7.11 Å². The number of anilines is 1. The highest BCUT2D eigenvalue weighted by molar-refractivity contribution is 9.10. The van der Waals surface area contributed by atoms with Gasteiger partial charge in [-0.1, -0.05) is 12.1 Å². The fraction of sp³-hybridized carbons (Fsp3) is 0.214. The monoisotopic (exact) mass is 339 g/mol. The summed E-state index contributed by atoms with van der Waals surface area (Å²) >= 11 is 4.77. The normalized spacial score (nSPS) is 12.2. The quantitative estimate of drug-likeness (QED) is 0.892. The Morgan fingerprint density at radius 3 is 2.84 bits per heavy atom. The summed E-state index contributed by atoms with van der Waals surface area (Å²) in [5, 5.41) is 4.77. The maximum absolute atomic E-state index is 12.1. The van der Waals surface area contributed by atoms with E-state index >= 15 is 0 Å². The van der Waals surface area contributed by atoms with Gasteiger partial charge in [0.2, 0.25) is 0 Å². The van der Waals surface area contributed by atoms with E-state index in [0.29, 0.717) is 4.88 Å². The third-order valence-electron chi connectivity index (χ3n) is 2.79. The number of methoxy groups -OCH3 is 1. The third-order valence-corrected chi connectivity index (χ3v) is 4.63. The van der Waals surface area contributed by atoms with Gasteiger partial charge in [-0.15, -0.1) is 11.3 Å². The Morgan fingerprint density at radius 2 is 2.21 bits per heavy atom. The van der Waals surface area contributed by atoms with Crippen LogP contribution in [-0.4, -0.2) is 13.0 Å². The number of carbonyl (C=O) groups is 1. The minimum absolute atomic E-state index is 0.00493.